The fourth-order valence-electron chi connectivity index (χ4n) is 2.97. The van der Waals surface area contributed by atoms with Gasteiger partial charge < -0.3 is 25.2 Å². The lowest BCUT2D eigenvalue weighted by Gasteiger charge is -2.29. The molecule has 1 heterocycles. The molecule has 6 nitrogen and oxygen atoms in total. The Morgan fingerprint density at radius 2 is 1.88 bits per heavy atom. The van der Waals surface area contributed by atoms with Crippen molar-refractivity contribution < 1.29 is 30.0 Å². The summed E-state index contributed by atoms with van der Waals surface area (Å²) in [5.41, 5.74) is 1.42. The number of benzene rings is 2. The molecule has 0 radical (unpaired) electrons. The zero-order valence-electron chi connectivity index (χ0n) is 14.3. The van der Waals surface area contributed by atoms with Crippen LogP contribution in [0.2, 0.25) is 0 Å². The third kappa shape index (κ3) is 3.23. The molecule has 0 spiro atoms. The molecule has 0 unspecified atom stereocenters. The highest BCUT2D eigenvalue weighted by atomic mass is 16.5. The van der Waals surface area contributed by atoms with Crippen molar-refractivity contribution in [3.63, 3.8) is 0 Å². The van der Waals surface area contributed by atoms with Gasteiger partial charge in [0.05, 0.1) is 12.5 Å². The van der Waals surface area contributed by atoms with Gasteiger partial charge >= 0.3 is 0 Å². The number of carbonyl (C=O) groups excluding carboxylic acids is 1. The molecule has 3 rings (SSSR count). The largest absolute Gasteiger partial charge is 0.508 e. The minimum atomic E-state index is -0.928. The SMILES string of the molecule is C=C(C)[C@H](O)Cc1c(O)cc(O)c2c1O[C@H](c1ccc(O)cc1)CC2=O. The van der Waals surface area contributed by atoms with Gasteiger partial charge in [-0.25, -0.2) is 0 Å². The molecule has 0 fully saturated rings. The van der Waals surface area contributed by atoms with Gasteiger partial charge in [-0.2, -0.15) is 0 Å². The average Bonchev–Trinajstić information content (AvgIpc) is 2.58. The predicted molar refractivity (Wildman–Crippen MR) is 94.7 cm³/mol. The number of rotatable bonds is 4. The van der Waals surface area contributed by atoms with Gasteiger partial charge in [0.25, 0.3) is 0 Å². The molecule has 1 aliphatic heterocycles. The summed E-state index contributed by atoms with van der Waals surface area (Å²) in [6.45, 7) is 5.34. The Morgan fingerprint density at radius 1 is 1.23 bits per heavy atom. The lowest BCUT2D eigenvalue weighted by Crippen LogP contribution is -2.23. The van der Waals surface area contributed by atoms with E-state index in [0.29, 0.717) is 11.1 Å². The summed E-state index contributed by atoms with van der Waals surface area (Å²) in [4.78, 5) is 12.6. The number of ether oxygens (including phenoxy) is 1. The van der Waals surface area contributed by atoms with Crippen molar-refractivity contribution in [1.82, 2.24) is 0 Å². The Kier molecular flexibility index (Phi) is 4.61. The fourth-order valence-corrected chi connectivity index (χ4v) is 2.97. The predicted octanol–water partition coefficient (Wildman–Crippen LogP) is 2.99. The van der Waals surface area contributed by atoms with Crippen LogP contribution in [0.5, 0.6) is 23.0 Å². The maximum absolute atomic E-state index is 12.6. The van der Waals surface area contributed by atoms with E-state index in [1.807, 2.05) is 0 Å². The molecule has 4 N–H and O–H groups in total. The first kappa shape index (κ1) is 17.8. The summed E-state index contributed by atoms with van der Waals surface area (Å²) < 4.78 is 5.94. The van der Waals surface area contributed by atoms with Crippen LogP contribution in [0, 0.1) is 0 Å². The second-order valence-corrected chi connectivity index (χ2v) is 6.49. The highest BCUT2D eigenvalue weighted by molar-refractivity contribution is 6.03. The average molecular weight is 356 g/mol. The monoisotopic (exact) mass is 356 g/mol. The second kappa shape index (κ2) is 6.72. The van der Waals surface area contributed by atoms with Gasteiger partial charge in [-0.1, -0.05) is 24.3 Å². The quantitative estimate of drug-likeness (QED) is 0.628. The standard InChI is InChI=1S/C20H20O6/c1-10(2)14(22)7-13-15(23)8-16(24)19-17(25)9-18(26-20(13)19)11-3-5-12(21)6-4-11/h3-6,8,14,18,21-24H,1,7,9H2,2H3/t14-,18+/m1/s1. The van der Waals surface area contributed by atoms with Gasteiger partial charge in [0.15, 0.2) is 5.78 Å². The van der Waals surface area contributed by atoms with E-state index in [1.165, 1.54) is 12.1 Å². The van der Waals surface area contributed by atoms with Gasteiger partial charge in [0.2, 0.25) is 0 Å². The van der Waals surface area contributed by atoms with Crippen LogP contribution in [0.1, 0.15) is 40.9 Å². The summed E-state index contributed by atoms with van der Waals surface area (Å²) in [7, 11) is 0. The summed E-state index contributed by atoms with van der Waals surface area (Å²) in [6, 6.07) is 7.35. The van der Waals surface area contributed by atoms with Crippen LogP contribution in [0.4, 0.5) is 0 Å². The van der Waals surface area contributed by atoms with E-state index < -0.39 is 12.2 Å². The van der Waals surface area contributed by atoms with Crippen molar-refractivity contribution in [3.8, 4) is 23.0 Å². The number of ketones is 1. The van der Waals surface area contributed by atoms with Crippen molar-refractivity contribution in [2.45, 2.75) is 32.0 Å². The minimum Gasteiger partial charge on any atom is -0.508 e. The second-order valence-electron chi connectivity index (χ2n) is 6.49. The van der Waals surface area contributed by atoms with Crippen LogP contribution in [-0.4, -0.2) is 32.3 Å². The molecule has 26 heavy (non-hydrogen) atoms. The van der Waals surface area contributed by atoms with Crippen molar-refractivity contribution in [2.75, 3.05) is 0 Å². The molecule has 2 aromatic carbocycles. The number of aliphatic hydroxyl groups excluding tert-OH is 1. The number of hydrogen-bond donors (Lipinski definition) is 4. The molecule has 0 saturated heterocycles. The number of fused-ring (bicyclic) bond motifs is 1. The Hall–Kier alpha value is -2.99. The van der Waals surface area contributed by atoms with E-state index in [2.05, 4.69) is 6.58 Å². The molecule has 0 aliphatic carbocycles. The maximum Gasteiger partial charge on any atom is 0.174 e. The van der Waals surface area contributed by atoms with Crippen LogP contribution < -0.4 is 4.74 Å². The fraction of sp³-hybridized carbons (Fsp3) is 0.250. The van der Waals surface area contributed by atoms with Crippen molar-refractivity contribution in [1.29, 1.82) is 0 Å². The van der Waals surface area contributed by atoms with Gasteiger partial charge in [-0.05, 0) is 24.6 Å². The van der Waals surface area contributed by atoms with Crippen molar-refractivity contribution in [3.05, 3.63) is 59.2 Å². The van der Waals surface area contributed by atoms with Crippen molar-refractivity contribution in [2.24, 2.45) is 0 Å². The number of phenolic OH excluding ortho intramolecular Hbond substituents is 3. The number of phenols is 3. The van der Waals surface area contributed by atoms with Gasteiger partial charge in [0, 0.05) is 18.1 Å². The number of aliphatic hydroxyl groups is 1. The van der Waals surface area contributed by atoms with E-state index >= 15 is 0 Å². The smallest absolute Gasteiger partial charge is 0.174 e. The van der Waals surface area contributed by atoms with E-state index in [9.17, 15) is 25.2 Å². The third-order valence-corrected chi connectivity index (χ3v) is 4.48. The molecule has 136 valence electrons. The molecule has 2 atom stereocenters. The maximum atomic E-state index is 12.6. The number of carbonyl (C=O) groups is 1. The zero-order chi connectivity index (χ0) is 19.0. The van der Waals surface area contributed by atoms with Crippen LogP contribution in [-0.2, 0) is 6.42 Å². The Morgan fingerprint density at radius 3 is 2.50 bits per heavy atom. The molecule has 6 heteroatoms. The van der Waals surface area contributed by atoms with E-state index in [0.717, 1.165) is 6.07 Å². The first-order valence-corrected chi connectivity index (χ1v) is 8.18. The van der Waals surface area contributed by atoms with Gasteiger partial charge in [-0.15, -0.1) is 0 Å². The van der Waals surface area contributed by atoms with Crippen LogP contribution >= 0.6 is 0 Å². The molecular formula is C20H20O6. The van der Waals surface area contributed by atoms with E-state index in [1.54, 1.807) is 19.1 Å². The Labute approximate surface area is 150 Å². The molecule has 0 bridgehead atoms. The summed E-state index contributed by atoms with van der Waals surface area (Å²) in [5, 5.41) is 39.9. The molecule has 2 aromatic rings. The Balaban J connectivity index is 2.06. The summed E-state index contributed by atoms with van der Waals surface area (Å²) in [6.07, 6.45) is -1.54. The molecular weight excluding hydrogens is 336 g/mol. The molecule has 1 aliphatic rings. The first-order valence-electron chi connectivity index (χ1n) is 8.18. The number of hydrogen-bond acceptors (Lipinski definition) is 6. The van der Waals surface area contributed by atoms with Crippen LogP contribution in [0.15, 0.2) is 42.5 Å². The summed E-state index contributed by atoms with van der Waals surface area (Å²) in [5.74, 6) is -0.789. The topological polar surface area (TPSA) is 107 Å². The lowest BCUT2D eigenvalue weighted by molar-refractivity contribution is 0.0839. The minimum absolute atomic E-state index is 0.000637. The van der Waals surface area contributed by atoms with Crippen LogP contribution in [0.3, 0.4) is 0 Å². The normalized spacial score (nSPS) is 17.3. The molecule has 0 aromatic heterocycles. The van der Waals surface area contributed by atoms with E-state index in [-0.39, 0.29) is 52.7 Å². The van der Waals surface area contributed by atoms with Gasteiger partial charge in [0.1, 0.15) is 34.7 Å². The molecule has 0 saturated carbocycles. The third-order valence-electron chi connectivity index (χ3n) is 4.48. The van der Waals surface area contributed by atoms with Crippen molar-refractivity contribution >= 4 is 5.78 Å². The number of aromatic hydroxyl groups is 3. The lowest BCUT2D eigenvalue weighted by atomic mass is 9.91. The van der Waals surface area contributed by atoms with Gasteiger partial charge in [-0.3, -0.25) is 4.79 Å². The highest BCUT2D eigenvalue weighted by Crippen LogP contribution is 2.45. The van der Waals surface area contributed by atoms with Crippen LogP contribution in [0.25, 0.3) is 0 Å². The summed E-state index contributed by atoms with van der Waals surface area (Å²) >= 11 is 0. The first-order chi connectivity index (χ1) is 12.3. The highest BCUT2D eigenvalue weighted by Gasteiger charge is 2.34. The molecule has 0 amide bonds. The number of Topliss-reactive ketones (excluding diaryl/α,β-unsaturated/α-hetero) is 1. The van der Waals surface area contributed by atoms with E-state index in [4.69, 9.17) is 4.74 Å². The zero-order valence-corrected chi connectivity index (χ0v) is 14.3. The Bertz CT molecular complexity index is 869.